The molecule has 0 aliphatic carbocycles. The molecule has 7 heteroatoms. The third kappa shape index (κ3) is 5.01. The normalized spacial score (nSPS) is 27.5. The Kier molecular flexibility index (Phi) is 4.04. The van der Waals surface area contributed by atoms with E-state index in [2.05, 4.69) is 9.97 Å². The predicted molar refractivity (Wildman–Crippen MR) is 100 cm³/mol. The second-order valence-corrected chi connectivity index (χ2v) is 6.59. The summed E-state index contributed by atoms with van der Waals surface area (Å²) in [5.74, 6) is -1.56. The van der Waals surface area contributed by atoms with Gasteiger partial charge in [0.2, 0.25) is 0 Å². The molecule has 1 fully saturated rings. The number of aromatic nitrogens is 2. The van der Waals surface area contributed by atoms with Crippen LogP contribution in [0.1, 0.15) is 55.6 Å². The highest BCUT2D eigenvalue weighted by Crippen LogP contribution is 2.32. The van der Waals surface area contributed by atoms with E-state index in [1.54, 1.807) is 6.92 Å². The lowest BCUT2D eigenvalue weighted by molar-refractivity contribution is 0.0389. The number of carbonyl (C=O) groups excluding carboxylic acids is 1. The Morgan fingerprint density at radius 1 is 1.44 bits per heavy atom. The molecule has 1 aliphatic heterocycles. The molecular weight excluding hydrogens is 372 g/mol. The molecule has 1 aromatic heterocycles. The smallest absolute Gasteiger partial charge is 0.253 e. The third-order valence-electron chi connectivity index (χ3n) is 4.03. The number of likely N-dealkylation sites (tertiary alicyclic amines) is 1. The molecular formula is C20H22ClF2N3O. The van der Waals surface area contributed by atoms with Gasteiger partial charge in [0.15, 0.2) is 0 Å². The Bertz CT molecular complexity index is 1060. The summed E-state index contributed by atoms with van der Waals surface area (Å²) < 4.78 is 79.2. The van der Waals surface area contributed by atoms with E-state index in [4.69, 9.17) is 19.8 Å². The molecule has 2 heterocycles. The van der Waals surface area contributed by atoms with Crippen molar-refractivity contribution < 1.29 is 21.8 Å². The van der Waals surface area contributed by atoms with Crippen LogP contribution in [0.4, 0.5) is 8.78 Å². The molecule has 0 radical (unpaired) electrons. The fourth-order valence-electron chi connectivity index (χ4n) is 2.50. The molecule has 2 aromatic rings. The Balaban J connectivity index is 1.87. The summed E-state index contributed by atoms with van der Waals surface area (Å²) >= 11 is 5.69. The van der Waals surface area contributed by atoms with E-state index in [1.165, 1.54) is 12.4 Å². The van der Waals surface area contributed by atoms with Gasteiger partial charge in [-0.3, -0.25) is 4.79 Å². The molecule has 0 spiro atoms. The van der Waals surface area contributed by atoms with Gasteiger partial charge in [-0.25, -0.2) is 18.7 Å². The van der Waals surface area contributed by atoms with Gasteiger partial charge in [0.25, 0.3) is 5.91 Å². The van der Waals surface area contributed by atoms with E-state index in [0.29, 0.717) is 4.90 Å². The van der Waals surface area contributed by atoms with E-state index in [0.717, 1.165) is 23.8 Å². The summed E-state index contributed by atoms with van der Waals surface area (Å²) in [6, 6.07) is 2.95. The van der Waals surface area contributed by atoms with Crippen molar-refractivity contribution >= 4 is 17.5 Å². The third-order valence-corrected chi connectivity index (χ3v) is 4.32. The number of piperidine rings is 1. The molecule has 3 rings (SSSR count). The minimum atomic E-state index is -3.26. The Hall–Kier alpha value is -2.08. The van der Waals surface area contributed by atoms with E-state index in [9.17, 15) is 9.18 Å². The van der Waals surface area contributed by atoms with Gasteiger partial charge < -0.3 is 4.90 Å². The maximum absolute atomic E-state index is 16.1. The topological polar surface area (TPSA) is 46.1 Å². The quantitative estimate of drug-likeness (QED) is 0.741. The number of hydrogen-bond donors (Lipinski definition) is 0. The van der Waals surface area contributed by atoms with Crippen LogP contribution >= 0.6 is 11.6 Å². The maximum Gasteiger partial charge on any atom is 0.253 e. The molecule has 144 valence electrons. The highest BCUT2D eigenvalue weighted by Gasteiger charge is 2.35. The first-order valence-electron chi connectivity index (χ1n) is 11.3. The van der Waals surface area contributed by atoms with Crippen LogP contribution in [0.3, 0.4) is 0 Å². The molecule has 4 nitrogen and oxygen atoms in total. The number of hydrogen-bond acceptors (Lipinski definition) is 3. The highest BCUT2D eigenvalue weighted by atomic mass is 35.5. The lowest BCUT2D eigenvalue weighted by atomic mass is 9.88. The summed E-state index contributed by atoms with van der Waals surface area (Å²) in [6.07, 6.45) is -4.52. The van der Waals surface area contributed by atoms with Crippen molar-refractivity contribution in [1.29, 1.82) is 0 Å². The minimum Gasteiger partial charge on any atom is -0.338 e. The zero-order valence-corrected chi connectivity index (χ0v) is 15.4. The van der Waals surface area contributed by atoms with Crippen LogP contribution in [-0.2, 0) is 6.42 Å². The summed E-state index contributed by atoms with van der Waals surface area (Å²) in [5, 5.41) is -0.379. The maximum atomic E-state index is 16.1. The van der Waals surface area contributed by atoms with Crippen molar-refractivity contribution in [2.45, 2.75) is 44.6 Å². The number of halogens is 3. The second kappa shape index (κ2) is 8.30. The second-order valence-electron chi connectivity index (χ2n) is 6.19. The molecule has 1 saturated heterocycles. The van der Waals surface area contributed by atoms with Crippen LogP contribution in [-0.4, -0.2) is 39.5 Å². The van der Waals surface area contributed by atoms with E-state index < -0.39 is 56.0 Å². The number of amides is 1. The molecule has 1 unspecified atom stereocenters. The van der Waals surface area contributed by atoms with Crippen molar-refractivity contribution in [3.63, 3.8) is 0 Å². The Morgan fingerprint density at radius 2 is 2.19 bits per heavy atom. The first-order valence-corrected chi connectivity index (χ1v) is 8.71. The van der Waals surface area contributed by atoms with Crippen molar-refractivity contribution in [1.82, 2.24) is 14.9 Å². The largest absolute Gasteiger partial charge is 0.338 e. The number of nitrogens with zero attached hydrogens (tertiary/aromatic N) is 3. The molecule has 1 atom stereocenters. The number of carbonyl (C=O) groups is 1. The number of rotatable bonds is 5. The van der Waals surface area contributed by atoms with Crippen molar-refractivity contribution in [3.05, 3.63) is 58.4 Å². The van der Waals surface area contributed by atoms with Crippen LogP contribution < -0.4 is 0 Å². The zero-order valence-electron chi connectivity index (χ0n) is 20.6. The van der Waals surface area contributed by atoms with Gasteiger partial charge in [-0.05, 0) is 56.3 Å². The molecule has 1 aliphatic rings. The van der Waals surface area contributed by atoms with Gasteiger partial charge in [-0.2, -0.15) is 0 Å². The first-order chi connectivity index (χ1) is 15.1. The zero-order chi connectivity index (χ0) is 24.8. The average Bonchev–Trinajstić information content (AvgIpc) is 2.71. The predicted octanol–water partition coefficient (Wildman–Crippen LogP) is 4.54. The molecule has 27 heavy (non-hydrogen) atoms. The Labute approximate surface area is 171 Å². The van der Waals surface area contributed by atoms with Crippen LogP contribution in [0.2, 0.25) is 5.02 Å². The van der Waals surface area contributed by atoms with Gasteiger partial charge in [-0.15, -0.1) is 0 Å². The summed E-state index contributed by atoms with van der Waals surface area (Å²) in [6.45, 7) is -2.01. The molecule has 0 saturated carbocycles. The van der Waals surface area contributed by atoms with Crippen LogP contribution in [0.25, 0.3) is 0 Å². The van der Waals surface area contributed by atoms with E-state index in [1.807, 2.05) is 0 Å². The molecule has 1 amide bonds. The first kappa shape index (κ1) is 13.2. The Morgan fingerprint density at radius 3 is 2.89 bits per heavy atom. The highest BCUT2D eigenvalue weighted by molar-refractivity contribution is 6.31. The van der Waals surface area contributed by atoms with Crippen molar-refractivity contribution in [3.8, 4) is 0 Å². The van der Waals surface area contributed by atoms with Crippen molar-refractivity contribution in [2.75, 3.05) is 13.0 Å². The average molecular weight is 400 g/mol. The van der Waals surface area contributed by atoms with Crippen LogP contribution in [0, 0.1) is 12.7 Å². The lowest BCUT2D eigenvalue weighted by Crippen LogP contribution is -2.44. The fraction of sp³-hybridized carbons (Fsp3) is 0.450. The standard InChI is InChI=1S/C20H22ClF2N3O/c1-14-12-24-18(25-13-14)3-2-6-20(23)7-9-26(10-8-20)19(27)15-4-5-17(22)16(21)11-15/h4-5,11-13H,2-3,6-10H2,1H3/i6D2,7D2,10D2. The number of alkyl halides is 1. The molecule has 0 bridgehead atoms. The SMILES string of the molecule is [2H]C1([2H])CC(F)(C([2H])([2H])CCc2ncc(C)cn2)C([2H])([2H])CN1C(=O)c1ccc(F)c(Cl)c1. The van der Waals surface area contributed by atoms with Gasteiger partial charge in [-0.1, -0.05) is 11.6 Å². The van der Waals surface area contributed by atoms with Gasteiger partial charge in [0, 0.05) is 45.6 Å². The number of benzene rings is 1. The van der Waals surface area contributed by atoms with Gasteiger partial charge >= 0.3 is 0 Å². The van der Waals surface area contributed by atoms with Gasteiger partial charge in [0.05, 0.1) is 5.02 Å². The fourth-order valence-corrected chi connectivity index (χ4v) is 2.68. The minimum absolute atomic E-state index is 0.0885. The summed E-state index contributed by atoms with van der Waals surface area (Å²) in [5.41, 5.74) is -2.68. The summed E-state index contributed by atoms with van der Waals surface area (Å²) in [4.78, 5) is 21.4. The molecule has 0 N–H and O–H groups in total. The van der Waals surface area contributed by atoms with Crippen molar-refractivity contribution in [2.24, 2.45) is 0 Å². The van der Waals surface area contributed by atoms with Crippen LogP contribution in [0.15, 0.2) is 30.6 Å². The monoisotopic (exact) mass is 399 g/mol. The van der Waals surface area contributed by atoms with E-state index >= 15 is 4.39 Å². The van der Waals surface area contributed by atoms with Gasteiger partial charge in [0.1, 0.15) is 17.3 Å². The number of aryl methyl sites for hydroxylation is 2. The molecule has 1 aromatic carbocycles. The van der Waals surface area contributed by atoms with Crippen LogP contribution in [0.5, 0.6) is 0 Å². The lowest BCUT2D eigenvalue weighted by Gasteiger charge is -2.36. The van der Waals surface area contributed by atoms with E-state index in [-0.39, 0.29) is 22.8 Å². The summed E-state index contributed by atoms with van der Waals surface area (Å²) in [7, 11) is 0.